The standard InChI is InChI=1S/C40H48N10O6/c1-21(2)31(45-39(53)55-5)37(51)49-15-7-9-29(49)35-43-27-17-25(19-41-33(27)47-35)23-11-13-24(14-12-23)26-18-28-34(42-20-26)48-36(44-28)30-10-8-16-50(30)38(52)32(22(3)4)46-40(54)56-6/h11-14,17-22,29-32H,7-10,15-16H2,1-6H3,(H,45,53)(H,46,54)(H,41,43,47)(H,42,44,48)/t29-,30-,31-,32-/m0/s1. The zero-order chi connectivity index (χ0) is 39.7. The molecule has 2 fully saturated rings. The highest BCUT2D eigenvalue weighted by Crippen LogP contribution is 2.35. The van der Waals surface area contributed by atoms with Gasteiger partial charge in [0.2, 0.25) is 11.8 Å². The van der Waals surface area contributed by atoms with E-state index in [1.54, 1.807) is 22.2 Å². The summed E-state index contributed by atoms with van der Waals surface area (Å²) in [6.07, 6.45) is 5.45. The molecule has 0 radical (unpaired) electrons. The summed E-state index contributed by atoms with van der Waals surface area (Å²) in [5.41, 5.74) is 6.41. The van der Waals surface area contributed by atoms with E-state index in [4.69, 9.17) is 19.4 Å². The van der Waals surface area contributed by atoms with Crippen molar-refractivity contribution in [2.45, 2.75) is 77.5 Å². The molecule has 5 aromatic rings. The highest BCUT2D eigenvalue weighted by molar-refractivity contribution is 5.88. The molecule has 16 heteroatoms. The lowest BCUT2D eigenvalue weighted by molar-refractivity contribution is -0.136. The van der Waals surface area contributed by atoms with Gasteiger partial charge in [-0.05, 0) is 60.8 Å². The van der Waals surface area contributed by atoms with Gasteiger partial charge in [0.25, 0.3) is 0 Å². The van der Waals surface area contributed by atoms with E-state index >= 15 is 0 Å². The van der Waals surface area contributed by atoms with E-state index in [1.165, 1.54) is 14.2 Å². The zero-order valence-electron chi connectivity index (χ0n) is 32.5. The fourth-order valence-corrected chi connectivity index (χ4v) is 7.71. The number of hydrogen-bond acceptors (Lipinski definition) is 10. The molecule has 2 aliphatic rings. The smallest absolute Gasteiger partial charge is 0.407 e. The van der Waals surface area contributed by atoms with Gasteiger partial charge in [0.1, 0.15) is 23.7 Å². The molecule has 6 heterocycles. The minimum Gasteiger partial charge on any atom is -0.453 e. The van der Waals surface area contributed by atoms with Gasteiger partial charge < -0.3 is 39.9 Å². The predicted octanol–water partition coefficient (Wildman–Crippen LogP) is 5.65. The van der Waals surface area contributed by atoms with Crippen molar-refractivity contribution < 1.29 is 28.7 Å². The second kappa shape index (κ2) is 16.0. The van der Waals surface area contributed by atoms with Crippen LogP contribution in [0.15, 0.2) is 48.8 Å². The Morgan fingerprint density at radius 1 is 0.661 bits per heavy atom. The summed E-state index contributed by atoms with van der Waals surface area (Å²) in [5, 5.41) is 5.38. The Morgan fingerprint density at radius 3 is 1.41 bits per heavy atom. The number of imidazole rings is 2. The molecule has 7 rings (SSSR count). The van der Waals surface area contributed by atoms with Gasteiger partial charge in [-0.2, -0.15) is 0 Å². The van der Waals surface area contributed by atoms with E-state index in [0.29, 0.717) is 36.0 Å². The number of rotatable bonds is 10. The van der Waals surface area contributed by atoms with Crippen LogP contribution in [0.4, 0.5) is 9.59 Å². The van der Waals surface area contributed by atoms with Crippen LogP contribution in [0.1, 0.15) is 77.1 Å². The molecule has 2 aliphatic heterocycles. The first-order valence-electron chi connectivity index (χ1n) is 19.1. The molecular formula is C40H48N10O6. The van der Waals surface area contributed by atoms with Crippen LogP contribution in [0.5, 0.6) is 0 Å². The number of benzene rings is 1. The second-order valence-corrected chi connectivity index (χ2v) is 15.1. The maximum atomic E-state index is 13.6. The quantitative estimate of drug-likeness (QED) is 0.138. The topological polar surface area (TPSA) is 200 Å². The molecule has 4 aromatic heterocycles. The molecule has 0 bridgehead atoms. The SMILES string of the molecule is COC(=O)N[C@H](C(=O)N1CCC[C@H]1c1nc2ncc(-c3ccc(-c4cnc5nc([C@@H]6CCCN6C(=O)[C@@H](NC(=O)OC)C(C)C)[nH]c5c4)cc3)cc2[nH]1)C(C)C. The molecule has 16 nitrogen and oxygen atoms in total. The van der Waals surface area contributed by atoms with Crippen molar-refractivity contribution in [1.82, 2.24) is 50.3 Å². The minimum atomic E-state index is -0.711. The van der Waals surface area contributed by atoms with Crippen molar-refractivity contribution in [3.8, 4) is 22.3 Å². The third-order valence-corrected chi connectivity index (χ3v) is 10.7. The summed E-state index contributed by atoms with van der Waals surface area (Å²) in [6, 6.07) is 10.2. The van der Waals surface area contributed by atoms with E-state index in [-0.39, 0.29) is 35.7 Å². The van der Waals surface area contributed by atoms with E-state index in [1.807, 2.05) is 64.1 Å². The molecular weight excluding hydrogens is 717 g/mol. The number of amides is 4. The number of carbonyl (C=O) groups excluding carboxylic acids is 4. The van der Waals surface area contributed by atoms with Gasteiger partial charge in [0.05, 0.1) is 37.3 Å². The van der Waals surface area contributed by atoms with Gasteiger partial charge in [0, 0.05) is 36.6 Å². The lowest BCUT2D eigenvalue weighted by Crippen LogP contribution is -2.51. The van der Waals surface area contributed by atoms with Crippen molar-refractivity contribution in [3.63, 3.8) is 0 Å². The number of aromatic amines is 2. The first kappa shape index (κ1) is 38.2. The van der Waals surface area contributed by atoms with E-state index in [0.717, 1.165) is 59.0 Å². The number of pyridine rings is 2. The first-order chi connectivity index (χ1) is 26.9. The number of likely N-dealkylation sites (tertiary alicyclic amines) is 2. The summed E-state index contributed by atoms with van der Waals surface area (Å²) in [4.78, 5) is 80.4. The Kier molecular flexibility index (Phi) is 10.9. The van der Waals surface area contributed by atoms with Gasteiger partial charge in [0.15, 0.2) is 11.3 Å². The average Bonchev–Trinajstić information content (AvgIpc) is 4.03. The Bertz CT molecular complexity index is 2090. The zero-order valence-corrected chi connectivity index (χ0v) is 32.5. The van der Waals surface area contributed by atoms with Gasteiger partial charge in [-0.15, -0.1) is 0 Å². The van der Waals surface area contributed by atoms with Crippen molar-refractivity contribution >= 4 is 46.3 Å². The molecule has 56 heavy (non-hydrogen) atoms. The lowest BCUT2D eigenvalue weighted by atomic mass is 10.0. The highest BCUT2D eigenvalue weighted by Gasteiger charge is 2.39. The molecule has 0 aliphatic carbocycles. The largest absolute Gasteiger partial charge is 0.453 e. The third-order valence-electron chi connectivity index (χ3n) is 10.7. The molecule has 0 spiro atoms. The number of alkyl carbamates (subject to hydrolysis) is 2. The number of methoxy groups -OCH3 is 2. The molecule has 0 unspecified atom stereocenters. The number of ether oxygens (including phenoxy) is 2. The predicted molar refractivity (Wildman–Crippen MR) is 208 cm³/mol. The normalized spacial score (nSPS) is 18.1. The van der Waals surface area contributed by atoms with Crippen LogP contribution in [0, 0.1) is 11.8 Å². The van der Waals surface area contributed by atoms with E-state index < -0.39 is 24.3 Å². The average molecular weight is 765 g/mol. The molecule has 0 saturated carbocycles. The van der Waals surface area contributed by atoms with Gasteiger partial charge in [-0.25, -0.2) is 29.5 Å². The highest BCUT2D eigenvalue weighted by atomic mass is 16.5. The molecule has 4 atom stereocenters. The van der Waals surface area contributed by atoms with Crippen LogP contribution in [0.25, 0.3) is 44.6 Å². The second-order valence-electron chi connectivity index (χ2n) is 15.1. The molecule has 4 amide bonds. The number of aromatic nitrogens is 6. The van der Waals surface area contributed by atoms with Crippen LogP contribution >= 0.6 is 0 Å². The lowest BCUT2D eigenvalue weighted by Gasteiger charge is -2.29. The summed E-state index contributed by atoms with van der Waals surface area (Å²) < 4.78 is 9.52. The number of hydrogen-bond donors (Lipinski definition) is 4. The summed E-state index contributed by atoms with van der Waals surface area (Å²) in [6.45, 7) is 8.70. The van der Waals surface area contributed by atoms with Crippen molar-refractivity contribution in [2.24, 2.45) is 11.8 Å². The molecule has 2 saturated heterocycles. The number of carbonyl (C=O) groups is 4. The Hall–Kier alpha value is -6.06. The van der Waals surface area contributed by atoms with Gasteiger partial charge in [-0.3, -0.25) is 9.59 Å². The number of fused-ring (bicyclic) bond motifs is 2. The van der Waals surface area contributed by atoms with Crippen LogP contribution in [0.3, 0.4) is 0 Å². The molecule has 4 N–H and O–H groups in total. The van der Waals surface area contributed by atoms with Crippen LogP contribution in [0.2, 0.25) is 0 Å². The number of H-pyrrole nitrogens is 2. The Labute approximate surface area is 324 Å². The van der Waals surface area contributed by atoms with Gasteiger partial charge in [-0.1, -0.05) is 52.0 Å². The van der Waals surface area contributed by atoms with Gasteiger partial charge >= 0.3 is 12.2 Å². The maximum Gasteiger partial charge on any atom is 0.407 e. The molecule has 1 aromatic carbocycles. The Morgan fingerprint density at radius 2 is 1.05 bits per heavy atom. The third kappa shape index (κ3) is 7.59. The summed E-state index contributed by atoms with van der Waals surface area (Å²) in [7, 11) is 2.56. The first-order valence-corrected chi connectivity index (χ1v) is 19.1. The monoisotopic (exact) mass is 764 g/mol. The fraction of sp³-hybridized carbons (Fsp3) is 0.450. The fourth-order valence-electron chi connectivity index (χ4n) is 7.71. The maximum absolute atomic E-state index is 13.6. The number of nitrogens with one attached hydrogen (secondary N) is 4. The summed E-state index contributed by atoms with van der Waals surface area (Å²) in [5.74, 6) is 0.755. The van der Waals surface area contributed by atoms with Crippen molar-refractivity contribution in [1.29, 1.82) is 0 Å². The summed E-state index contributed by atoms with van der Waals surface area (Å²) >= 11 is 0. The Balaban J connectivity index is 1.06. The van der Waals surface area contributed by atoms with Crippen molar-refractivity contribution in [3.05, 3.63) is 60.4 Å². The van der Waals surface area contributed by atoms with Crippen LogP contribution < -0.4 is 10.6 Å². The van der Waals surface area contributed by atoms with Crippen LogP contribution in [-0.4, -0.2) is 103 Å². The number of nitrogens with zero attached hydrogens (tertiary/aromatic N) is 6. The van der Waals surface area contributed by atoms with Crippen molar-refractivity contribution in [2.75, 3.05) is 27.3 Å². The minimum absolute atomic E-state index is 0.124. The van der Waals surface area contributed by atoms with E-state index in [9.17, 15) is 19.2 Å². The van der Waals surface area contributed by atoms with E-state index in [2.05, 4.69) is 30.6 Å². The van der Waals surface area contributed by atoms with Crippen LogP contribution in [-0.2, 0) is 19.1 Å². The molecule has 294 valence electrons.